The lowest BCUT2D eigenvalue weighted by molar-refractivity contribution is 0.0702. The molecule has 1 fully saturated rings. The molecule has 3 N–H and O–H groups in total. The maximum absolute atomic E-state index is 13.5. The zero-order valence-corrected chi connectivity index (χ0v) is 22.1. The molecule has 5 rings (SSSR count). The van der Waals surface area contributed by atoms with E-state index in [4.69, 9.17) is 0 Å². The molecule has 0 saturated carbocycles. The largest absolute Gasteiger partial charge is 0.340 e. The molecule has 2 aromatic carbocycles. The molecule has 1 unspecified atom stereocenters. The van der Waals surface area contributed by atoms with Crippen LogP contribution in [0.3, 0.4) is 0 Å². The molecule has 3 heterocycles. The van der Waals surface area contributed by atoms with Crippen LogP contribution in [0.1, 0.15) is 46.6 Å². The number of anilines is 4. The number of halogens is 1. The average molecular weight is 532 g/mol. The number of amides is 1. The molecule has 1 saturated heterocycles. The van der Waals surface area contributed by atoms with Crippen molar-refractivity contribution >= 4 is 40.4 Å². The summed E-state index contributed by atoms with van der Waals surface area (Å²) in [5.41, 5.74) is 4.58. The van der Waals surface area contributed by atoms with E-state index < -0.39 is 0 Å². The highest BCUT2D eigenvalue weighted by Crippen LogP contribution is 2.23. The SMILES string of the molecule is Cc1cc(Nc2ccnc(Nc3ccc(C(=O)N4CCC(NC(C)c5cncs5)CC4)cc3)n2)ccc1F. The molecule has 1 atom stereocenters. The van der Waals surface area contributed by atoms with E-state index >= 15 is 0 Å². The molecule has 0 bridgehead atoms. The first kappa shape index (κ1) is 25.7. The summed E-state index contributed by atoms with van der Waals surface area (Å²) in [7, 11) is 0. The minimum Gasteiger partial charge on any atom is -0.340 e. The Balaban J connectivity index is 1.14. The molecule has 38 heavy (non-hydrogen) atoms. The monoisotopic (exact) mass is 531 g/mol. The van der Waals surface area contributed by atoms with Gasteiger partial charge in [0.15, 0.2) is 0 Å². The molecule has 0 spiro atoms. The van der Waals surface area contributed by atoms with Gasteiger partial charge in [-0.15, -0.1) is 11.3 Å². The standard InChI is InChI=1S/C28H30FN7OS/c1-18-15-23(7-8-24(18)29)33-26-9-12-31-28(35-26)34-21-5-3-20(4-6-21)27(37)36-13-10-22(11-14-36)32-19(2)25-16-30-17-38-25/h3-9,12,15-17,19,22,32H,10-11,13-14H2,1-2H3,(H2,31,33,34,35). The normalized spacial score (nSPS) is 14.8. The van der Waals surface area contributed by atoms with Gasteiger partial charge in [-0.3, -0.25) is 9.78 Å². The minimum atomic E-state index is -0.249. The second-order valence-electron chi connectivity index (χ2n) is 9.42. The Hall–Kier alpha value is -3.89. The molecule has 2 aromatic heterocycles. The van der Waals surface area contributed by atoms with Crippen LogP contribution >= 0.6 is 11.3 Å². The number of nitrogens with one attached hydrogen (secondary N) is 3. The van der Waals surface area contributed by atoms with E-state index in [0.29, 0.717) is 28.9 Å². The fourth-order valence-electron chi connectivity index (χ4n) is 4.49. The van der Waals surface area contributed by atoms with Crippen LogP contribution in [-0.2, 0) is 0 Å². The summed E-state index contributed by atoms with van der Waals surface area (Å²) in [4.78, 5) is 29.1. The summed E-state index contributed by atoms with van der Waals surface area (Å²) < 4.78 is 13.5. The lowest BCUT2D eigenvalue weighted by Crippen LogP contribution is -2.45. The molecule has 1 aliphatic rings. The van der Waals surface area contributed by atoms with Crippen LogP contribution < -0.4 is 16.0 Å². The van der Waals surface area contributed by atoms with Crippen LogP contribution in [0.25, 0.3) is 0 Å². The molecule has 0 aliphatic carbocycles. The van der Waals surface area contributed by atoms with Gasteiger partial charge in [0, 0.05) is 59.4 Å². The maximum Gasteiger partial charge on any atom is 0.253 e. The van der Waals surface area contributed by atoms with Crippen molar-refractivity contribution in [1.82, 2.24) is 25.2 Å². The maximum atomic E-state index is 13.5. The molecule has 10 heteroatoms. The first-order valence-corrected chi connectivity index (χ1v) is 13.5. The van der Waals surface area contributed by atoms with E-state index in [9.17, 15) is 9.18 Å². The van der Waals surface area contributed by atoms with Crippen molar-refractivity contribution < 1.29 is 9.18 Å². The summed E-state index contributed by atoms with van der Waals surface area (Å²) >= 11 is 1.66. The quantitative estimate of drug-likeness (QED) is 0.264. The average Bonchev–Trinajstić information content (AvgIpc) is 3.47. The first-order chi connectivity index (χ1) is 18.4. The number of aryl methyl sites for hydroxylation is 1. The number of hydrogen-bond donors (Lipinski definition) is 3. The van der Waals surface area contributed by atoms with Gasteiger partial charge in [0.05, 0.1) is 5.51 Å². The number of benzene rings is 2. The van der Waals surface area contributed by atoms with Gasteiger partial charge in [-0.25, -0.2) is 9.37 Å². The number of likely N-dealkylation sites (tertiary alicyclic amines) is 1. The molecular formula is C28H30FN7OS. The highest BCUT2D eigenvalue weighted by Gasteiger charge is 2.25. The number of thiazole rings is 1. The van der Waals surface area contributed by atoms with Crippen LogP contribution in [0, 0.1) is 12.7 Å². The number of aromatic nitrogens is 3. The number of carbonyl (C=O) groups excluding carboxylic acids is 1. The van der Waals surface area contributed by atoms with E-state index in [-0.39, 0.29) is 17.8 Å². The van der Waals surface area contributed by atoms with E-state index in [0.717, 1.165) is 37.3 Å². The smallest absolute Gasteiger partial charge is 0.253 e. The second-order valence-corrected chi connectivity index (χ2v) is 10.3. The highest BCUT2D eigenvalue weighted by molar-refractivity contribution is 7.09. The highest BCUT2D eigenvalue weighted by atomic mass is 32.1. The summed E-state index contributed by atoms with van der Waals surface area (Å²) in [5.74, 6) is 0.790. The first-order valence-electron chi connectivity index (χ1n) is 12.6. The van der Waals surface area contributed by atoms with Crippen LogP contribution in [-0.4, -0.2) is 44.9 Å². The summed E-state index contributed by atoms with van der Waals surface area (Å²) in [6.07, 6.45) is 5.40. The number of nitrogens with zero attached hydrogens (tertiary/aromatic N) is 4. The van der Waals surface area contributed by atoms with Gasteiger partial charge < -0.3 is 20.9 Å². The minimum absolute atomic E-state index is 0.0440. The molecule has 1 amide bonds. The van der Waals surface area contributed by atoms with Gasteiger partial charge in [0.1, 0.15) is 11.6 Å². The fraction of sp³-hybridized carbons (Fsp3) is 0.286. The van der Waals surface area contributed by atoms with Crippen LogP contribution in [0.5, 0.6) is 0 Å². The van der Waals surface area contributed by atoms with Gasteiger partial charge in [-0.2, -0.15) is 4.98 Å². The second kappa shape index (κ2) is 11.7. The predicted molar refractivity (Wildman–Crippen MR) is 149 cm³/mol. The van der Waals surface area contributed by atoms with E-state index in [1.807, 2.05) is 40.9 Å². The van der Waals surface area contributed by atoms with Crippen molar-refractivity contribution in [1.29, 1.82) is 0 Å². The Morgan fingerprint density at radius 1 is 1.08 bits per heavy atom. The Labute approximate surface area is 225 Å². The molecule has 4 aromatic rings. The lowest BCUT2D eigenvalue weighted by Gasteiger charge is -2.34. The number of carbonyl (C=O) groups is 1. The van der Waals surface area contributed by atoms with Crippen molar-refractivity contribution in [3.05, 3.63) is 88.3 Å². The lowest BCUT2D eigenvalue weighted by atomic mass is 10.0. The third-order valence-corrected chi connectivity index (χ3v) is 7.58. The Morgan fingerprint density at radius 3 is 2.55 bits per heavy atom. The molecule has 1 aliphatic heterocycles. The van der Waals surface area contributed by atoms with E-state index in [1.165, 1.54) is 10.9 Å². The van der Waals surface area contributed by atoms with Crippen molar-refractivity contribution in [2.75, 3.05) is 23.7 Å². The van der Waals surface area contributed by atoms with Crippen LogP contribution in [0.4, 0.5) is 27.5 Å². The third-order valence-electron chi connectivity index (χ3n) is 6.62. The van der Waals surface area contributed by atoms with E-state index in [2.05, 4.69) is 37.8 Å². The molecule has 196 valence electrons. The van der Waals surface area contributed by atoms with Crippen molar-refractivity contribution in [2.45, 2.75) is 38.8 Å². The zero-order chi connectivity index (χ0) is 26.5. The third kappa shape index (κ3) is 6.32. The van der Waals surface area contributed by atoms with Crippen LogP contribution in [0.2, 0.25) is 0 Å². The van der Waals surface area contributed by atoms with Crippen molar-refractivity contribution in [3.8, 4) is 0 Å². The number of rotatable bonds is 8. The number of piperidine rings is 1. The van der Waals surface area contributed by atoms with Crippen molar-refractivity contribution in [2.24, 2.45) is 0 Å². The van der Waals surface area contributed by atoms with Gasteiger partial charge in [-0.1, -0.05) is 0 Å². The van der Waals surface area contributed by atoms with Gasteiger partial charge >= 0.3 is 0 Å². The van der Waals surface area contributed by atoms with E-state index in [1.54, 1.807) is 42.7 Å². The summed E-state index contributed by atoms with van der Waals surface area (Å²) in [5, 5.41) is 10.0. The Bertz CT molecular complexity index is 1370. The Kier molecular flexibility index (Phi) is 7.90. The predicted octanol–water partition coefficient (Wildman–Crippen LogP) is 5.82. The van der Waals surface area contributed by atoms with Gasteiger partial charge in [0.2, 0.25) is 5.95 Å². The fourth-order valence-corrected chi connectivity index (χ4v) is 5.13. The molecule has 0 radical (unpaired) electrons. The summed E-state index contributed by atoms with van der Waals surface area (Å²) in [6.45, 7) is 5.33. The Morgan fingerprint density at radius 2 is 1.84 bits per heavy atom. The summed E-state index contributed by atoms with van der Waals surface area (Å²) in [6, 6.07) is 14.6. The zero-order valence-electron chi connectivity index (χ0n) is 21.3. The number of hydrogen-bond acceptors (Lipinski definition) is 8. The van der Waals surface area contributed by atoms with Gasteiger partial charge in [0.25, 0.3) is 5.91 Å². The van der Waals surface area contributed by atoms with Crippen LogP contribution in [0.15, 0.2) is 66.4 Å². The van der Waals surface area contributed by atoms with Gasteiger partial charge in [-0.05, 0) is 80.8 Å². The van der Waals surface area contributed by atoms with Crippen molar-refractivity contribution in [3.63, 3.8) is 0 Å². The molecular weight excluding hydrogens is 501 g/mol. The topological polar surface area (TPSA) is 95.1 Å². The molecule has 8 nitrogen and oxygen atoms in total.